The van der Waals surface area contributed by atoms with E-state index in [9.17, 15) is 0 Å². The molecule has 2 aliphatic rings. The van der Waals surface area contributed by atoms with Crippen LogP contribution in [-0.2, 0) is 0 Å². The van der Waals surface area contributed by atoms with Crippen LogP contribution in [0.25, 0.3) is 11.0 Å². The summed E-state index contributed by atoms with van der Waals surface area (Å²) in [5.41, 5.74) is 11.0. The van der Waals surface area contributed by atoms with Crippen LogP contribution >= 0.6 is 0 Å². The highest BCUT2D eigenvalue weighted by Crippen LogP contribution is 2.51. The summed E-state index contributed by atoms with van der Waals surface area (Å²) in [6, 6.07) is 5.80. The van der Waals surface area contributed by atoms with Gasteiger partial charge in [0.15, 0.2) is 0 Å². The Morgan fingerprint density at radius 1 is 1.00 bits per heavy atom. The highest BCUT2D eigenvalue weighted by molar-refractivity contribution is 5.78. The van der Waals surface area contributed by atoms with Crippen molar-refractivity contribution in [3.63, 3.8) is 0 Å². The highest BCUT2D eigenvalue weighted by atomic mass is 14.9. The van der Waals surface area contributed by atoms with Gasteiger partial charge in [-0.15, -0.1) is 0 Å². The van der Waals surface area contributed by atoms with Gasteiger partial charge in [0.05, 0.1) is 22.4 Å². The van der Waals surface area contributed by atoms with E-state index >= 15 is 0 Å². The van der Waals surface area contributed by atoms with E-state index in [0.29, 0.717) is 11.8 Å². The molecule has 0 aliphatic heterocycles. The minimum atomic E-state index is 0.665. The quantitative estimate of drug-likeness (QED) is 0.681. The number of nitrogens with two attached hydrogens (primary N) is 1. The second kappa shape index (κ2) is 2.73. The van der Waals surface area contributed by atoms with Crippen LogP contribution in [0.3, 0.4) is 0 Å². The van der Waals surface area contributed by atoms with Crippen LogP contribution < -0.4 is 5.73 Å². The molecular formula is C13H13N3. The first-order chi connectivity index (χ1) is 7.81. The Morgan fingerprint density at radius 3 is 2.44 bits per heavy atom. The molecule has 0 amide bonds. The lowest BCUT2D eigenvalue weighted by atomic mass is 10.0. The van der Waals surface area contributed by atoms with Crippen molar-refractivity contribution in [3.05, 3.63) is 29.6 Å². The molecule has 2 N–H and O–H groups in total. The van der Waals surface area contributed by atoms with E-state index in [1.807, 2.05) is 18.2 Å². The average molecular weight is 211 g/mol. The minimum absolute atomic E-state index is 0.665. The Morgan fingerprint density at radius 2 is 1.69 bits per heavy atom. The van der Waals surface area contributed by atoms with Gasteiger partial charge in [-0.05, 0) is 37.5 Å². The first kappa shape index (κ1) is 8.50. The lowest BCUT2D eigenvalue weighted by molar-refractivity contribution is 0.685. The molecular weight excluding hydrogens is 198 g/mol. The Labute approximate surface area is 93.7 Å². The molecule has 3 heteroatoms. The minimum Gasteiger partial charge on any atom is -0.399 e. The molecule has 80 valence electrons. The van der Waals surface area contributed by atoms with E-state index in [1.54, 1.807) is 0 Å². The third kappa shape index (κ3) is 0.979. The second-order valence-electron chi connectivity index (χ2n) is 4.95. The molecule has 1 aromatic carbocycles. The number of rotatable bonds is 0. The van der Waals surface area contributed by atoms with Gasteiger partial charge in [-0.25, -0.2) is 9.97 Å². The van der Waals surface area contributed by atoms with Crippen LogP contribution in [0.2, 0.25) is 0 Å². The zero-order chi connectivity index (χ0) is 10.7. The fourth-order valence-corrected chi connectivity index (χ4v) is 3.18. The molecule has 0 radical (unpaired) electrons. The smallest absolute Gasteiger partial charge is 0.0910 e. The fourth-order valence-electron chi connectivity index (χ4n) is 3.18. The maximum atomic E-state index is 5.78. The predicted octanol–water partition coefficient (Wildman–Crippen LogP) is 2.58. The van der Waals surface area contributed by atoms with E-state index in [0.717, 1.165) is 16.7 Å². The SMILES string of the molecule is Nc1ccc2nc3c(nc2c1)[C@@H]1CC[C@H]3C1. The standard InChI is InChI=1S/C13H13N3/c14-9-3-4-10-11(6-9)16-13-8-2-1-7(5-8)12(13)15-10/h3-4,6-8H,1-2,5,14H2/t7-,8+/m0/s1. The number of nitrogen functional groups attached to an aromatic ring is 1. The molecule has 2 bridgehead atoms. The van der Waals surface area contributed by atoms with Crippen LogP contribution in [0.5, 0.6) is 0 Å². The molecule has 0 spiro atoms. The van der Waals surface area contributed by atoms with Crippen LogP contribution in [0.4, 0.5) is 5.69 Å². The predicted molar refractivity (Wildman–Crippen MR) is 63.3 cm³/mol. The lowest BCUT2D eigenvalue weighted by Crippen LogP contribution is -2.04. The summed E-state index contributed by atoms with van der Waals surface area (Å²) < 4.78 is 0. The summed E-state index contributed by atoms with van der Waals surface area (Å²) >= 11 is 0. The van der Waals surface area contributed by atoms with Crippen molar-refractivity contribution in [1.82, 2.24) is 9.97 Å². The summed E-state index contributed by atoms with van der Waals surface area (Å²) in [5.74, 6) is 1.34. The lowest BCUT2D eigenvalue weighted by Gasteiger charge is -2.13. The van der Waals surface area contributed by atoms with Crippen LogP contribution in [-0.4, -0.2) is 9.97 Å². The van der Waals surface area contributed by atoms with Crippen molar-refractivity contribution in [1.29, 1.82) is 0 Å². The van der Waals surface area contributed by atoms with Crippen LogP contribution in [0, 0.1) is 0 Å². The normalized spacial score (nSPS) is 26.2. The van der Waals surface area contributed by atoms with Gasteiger partial charge in [0.2, 0.25) is 0 Å². The molecule has 1 heterocycles. The summed E-state index contributed by atoms with van der Waals surface area (Å²) in [5, 5.41) is 0. The summed E-state index contributed by atoms with van der Waals surface area (Å²) in [4.78, 5) is 9.52. The first-order valence-electron chi connectivity index (χ1n) is 5.88. The van der Waals surface area contributed by atoms with Crippen molar-refractivity contribution < 1.29 is 0 Å². The number of hydrogen-bond donors (Lipinski definition) is 1. The number of hydrogen-bond acceptors (Lipinski definition) is 3. The Balaban J connectivity index is 2.03. The molecule has 2 aromatic rings. The maximum Gasteiger partial charge on any atom is 0.0910 e. The number of fused-ring (bicyclic) bond motifs is 6. The molecule has 1 aromatic heterocycles. The molecule has 0 saturated heterocycles. The Hall–Kier alpha value is -1.64. The summed E-state index contributed by atoms with van der Waals surface area (Å²) in [7, 11) is 0. The second-order valence-corrected chi connectivity index (χ2v) is 4.95. The Kier molecular flexibility index (Phi) is 1.45. The van der Waals surface area contributed by atoms with Gasteiger partial charge in [0.25, 0.3) is 0 Å². The molecule has 0 unspecified atom stereocenters. The fraction of sp³-hybridized carbons (Fsp3) is 0.385. The van der Waals surface area contributed by atoms with Crippen LogP contribution in [0.1, 0.15) is 42.5 Å². The third-order valence-electron chi connectivity index (χ3n) is 3.95. The Bertz CT molecular complexity index is 591. The van der Waals surface area contributed by atoms with Crippen molar-refractivity contribution in [3.8, 4) is 0 Å². The highest BCUT2D eigenvalue weighted by Gasteiger charge is 2.39. The number of nitrogens with zero attached hydrogens (tertiary/aromatic N) is 2. The molecule has 2 aliphatic carbocycles. The van der Waals surface area contributed by atoms with Crippen molar-refractivity contribution in [2.45, 2.75) is 31.1 Å². The molecule has 1 saturated carbocycles. The molecule has 4 rings (SSSR count). The van der Waals surface area contributed by atoms with Crippen molar-refractivity contribution in [2.75, 3.05) is 5.73 Å². The average Bonchev–Trinajstić information content (AvgIpc) is 2.87. The van der Waals surface area contributed by atoms with E-state index in [1.165, 1.54) is 30.7 Å². The van der Waals surface area contributed by atoms with E-state index in [-0.39, 0.29) is 0 Å². The summed E-state index contributed by atoms with van der Waals surface area (Å²) in [6.07, 6.45) is 3.86. The summed E-state index contributed by atoms with van der Waals surface area (Å²) in [6.45, 7) is 0. The zero-order valence-corrected chi connectivity index (χ0v) is 8.98. The first-order valence-corrected chi connectivity index (χ1v) is 5.88. The van der Waals surface area contributed by atoms with Crippen LogP contribution in [0.15, 0.2) is 18.2 Å². The number of benzene rings is 1. The maximum absolute atomic E-state index is 5.78. The van der Waals surface area contributed by atoms with E-state index in [4.69, 9.17) is 15.7 Å². The van der Waals surface area contributed by atoms with Gasteiger partial charge in [-0.2, -0.15) is 0 Å². The van der Waals surface area contributed by atoms with E-state index < -0.39 is 0 Å². The van der Waals surface area contributed by atoms with Gasteiger partial charge in [0, 0.05) is 17.5 Å². The molecule has 3 nitrogen and oxygen atoms in total. The van der Waals surface area contributed by atoms with Gasteiger partial charge < -0.3 is 5.73 Å². The molecule has 2 atom stereocenters. The van der Waals surface area contributed by atoms with E-state index in [2.05, 4.69) is 0 Å². The van der Waals surface area contributed by atoms with Gasteiger partial charge in [-0.1, -0.05) is 0 Å². The van der Waals surface area contributed by atoms with Crippen molar-refractivity contribution >= 4 is 16.7 Å². The largest absolute Gasteiger partial charge is 0.399 e. The zero-order valence-electron chi connectivity index (χ0n) is 8.98. The molecule has 1 fully saturated rings. The van der Waals surface area contributed by atoms with Gasteiger partial charge in [0.1, 0.15) is 0 Å². The number of anilines is 1. The third-order valence-corrected chi connectivity index (χ3v) is 3.95. The topological polar surface area (TPSA) is 51.8 Å². The van der Waals surface area contributed by atoms with Crippen molar-refractivity contribution in [2.24, 2.45) is 0 Å². The molecule has 16 heavy (non-hydrogen) atoms. The van der Waals surface area contributed by atoms with Gasteiger partial charge >= 0.3 is 0 Å². The van der Waals surface area contributed by atoms with Gasteiger partial charge in [-0.3, -0.25) is 0 Å². The number of aromatic nitrogens is 2. The monoisotopic (exact) mass is 211 g/mol.